The van der Waals surface area contributed by atoms with Gasteiger partial charge in [0, 0.05) is 13.0 Å². The van der Waals surface area contributed by atoms with E-state index in [2.05, 4.69) is 10.3 Å². The number of carbonyl (C=O) groups excluding carboxylic acids is 2. The van der Waals surface area contributed by atoms with E-state index in [1.54, 1.807) is 4.90 Å². The molecule has 1 N–H and O–H groups in total. The SMILES string of the molecule is CCNC(=O)C[C@H]1SC(=Nc2ccccc2)N(c2ccccc2)C1=O. The number of aliphatic imine (C=N–C) groups is 1. The van der Waals surface area contributed by atoms with Crippen LogP contribution in [0.3, 0.4) is 0 Å². The summed E-state index contributed by atoms with van der Waals surface area (Å²) in [5.74, 6) is -0.237. The molecule has 1 fully saturated rings. The molecule has 3 rings (SSSR count). The lowest BCUT2D eigenvalue weighted by atomic mass is 10.2. The van der Waals surface area contributed by atoms with Crippen molar-refractivity contribution in [3.8, 4) is 0 Å². The lowest BCUT2D eigenvalue weighted by Gasteiger charge is -2.16. The maximum atomic E-state index is 12.9. The Labute approximate surface area is 151 Å². The lowest BCUT2D eigenvalue weighted by molar-refractivity contribution is -0.124. The van der Waals surface area contributed by atoms with Gasteiger partial charge < -0.3 is 5.32 Å². The van der Waals surface area contributed by atoms with Crippen LogP contribution in [0.15, 0.2) is 65.7 Å². The van der Waals surface area contributed by atoms with Crippen LogP contribution < -0.4 is 10.2 Å². The summed E-state index contributed by atoms with van der Waals surface area (Å²) >= 11 is 1.34. The number of para-hydroxylation sites is 2. The lowest BCUT2D eigenvalue weighted by Crippen LogP contribution is -2.34. The van der Waals surface area contributed by atoms with Crippen LogP contribution in [-0.2, 0) is 9.59 Å². The summed E-state index contributed by atoms with van der Waals surface area (Å²) in [5.41, 5.74) is 1.53. The maximum Gasteiger partial charge on any atom is 0.247 e. The van der Waals surface area contributed by atoms with Gasteiger partial charge in [-0.15, -0.1) is 0 Å². The fourth-order valence-corrected chi connectivity index (χ4v) is 3.69. The highest BCUT2D eigenvalue weighted by atomic mass is 32.2. The third kappa shape index (κ3) is 4.09. The van der Waals surface area contributed by atoms with Crippen molar-refractivity contribution < 1.29 is 9.59 Å². The minimum absolute atomic E-state index is 0.114. The van der Waals surface area contributed by atoms with Crippen LogP contribution in [0.4, 0.5) is 11.4 Å². The minimum atomic E-state index is -0.464. The molecule has 25 heavy (non-hydrogen) atoms. The summed E-state index contributed by atoms with van der Waals surface area (Å²) in [6, 6.07) is 18.9. The summed E-state index contributed by atoms with van der Waals surface area (Å²) in [4.78, 5) is 31.0. The molecule has 1 aliphatic heterocycles. The third-order valence-corrected chi connectivity index (χ3v) is 4.81. The van der Waals surface area contributed by atoms with Crippen molar-refractivity contribution in [1.29, 1.82) is 0 Å². The Hall–Kier alpha value is -2.60. The molecule has 0 spiro atoms. The van der Waals surface area contributed by atoms with Crippen molar-refractivity contribution >= 4 is 40.1 Å². The second-order valence-corrected chi connectivity index (χ2v) is 6.67. The number of rotatable bonds is 5. The molecule has 0 bridgehead atoms. The van der Waals surface area contributed by atoms with Gasteiger partial charge >= 0.3 is 0 Å². The molecular weight excluding hydrogens is 334 g/mol. The van der Waals surface area contributed by atoms with E-state index in [1.165, 1.54) is 11.8 Å². The van der Waals surface area contributed by atoms with E-state index in [9.17, 15) is 9.59 Å². The highest BCUT2D eigenvalue weighted by molar-refractivity contribution is 8.16. The second-order valence-electron chi connectivity index (χ2n) is 5.50. The van der Waals surface area contributed by atoms with Crippen molar-refractivity contribution in [2.45, 2.75) is 18.6 Å². The van der Waals surface area contributed by atoms with E-state index < -0.39 is 5.25 Å². The topological polar surface area (TPSA) is 61.8 Å². The van der Waals surface area contributed by atoms with Gasteiger partial charge in [0.15, 0.2) is 5.17 Å². The first-order chi connectivity index (χ1) is 12.2. The molecular formula is C19H19N3O2S. The number of benzene rings is 2. The van der Waals surface area contributed by atoms with Crippen molar-refractivity contribution in [2.24, 2.45) is 4.99 Å². The second kappa shape index (κ2) is 7.98. The molecule has 0 radical (unpaired) electrons. The molecule has 1 saturated heterocycles. The van der Waals surface area contributed by atoms with Gasteiger partial charge in [-0.1, -0.05) is 48.2 Å². The highest BCUT2D eigenvalue weighted by Gasteiger charge is 2.40. The average molecular weight is 353 g/mol. The zero-order valence-electron chi connectivity index (χ0n) is 13.9. The number of thioether (sulfide) groups is 1. The number of anilines is 1. The van der Waals surface area contributed by atoms with E-state index in [0.717, 1.165) is 11.4 Å². The van der Waals surface area contributed by atoms with Crippen LogP contribution in [-0.4, -0.2) is 28.8 Å². The first kappa shape index (κ1) is 17.2. The van der Waals surface area contributed by atoms with Crippen molar-refractivity contribution in [3.05, 3.63) is 60.7 Å². The van der Waals surface area contributed by atoms with E-state index in [-0.39, 0.29) is 18.2 Å². The Kier molecular flexibility index (Phi) is 5.50. The van der Waals surface area contributed by atoms with Gasteiger partial charge in [0.2, 0.25) is 11.8 Å². The van der Waals surface area contributed by atoms with E-state index in [0.29, 0.717) is 11.7 Å². The van der Waals surface area contributed by atoms with Gasteiger partial charge in [0.05, 0.1) is 11.4 Å². The average Bonchev–Trinajstić information content (AvgIpc) is 2.92. The number of nitrogens with zero attached hydrogens (tertiary/aromatic N) is 2. The number of hydrogen-bond donors (Lipinski definition) is 1. The summed E-state index contributed by atoms with van der Waals surface area (Å²) < 4.78 is 0. The Morgan fingerprint density at radius 2 is 1.76 bits per heavy atom. The van der Waals surface area contributed by atoms with Crippen LogP contribution >= 0.6 is 11.8 Å². The predicted molar refractivity (Wildman–Crippen MR) is 102 cm³/mol. The van der Waals surface area contributed by atoms with Crippen LogP contribution in [0.2, 0.25) is 0 Å². The summed E-state index contributed by atoms with van der Waals surface area (Å²) in [6.07, 6.45) is 0.147. The molecule has 128 valence electrons. The number of amidine groups is 1. The van der Waals surface area contributed by atoms with Gasteiger partial charge in [-0.25, -0.2) is 4.99 Å². The Bertz CT molecular complexity index is 778. The van der Waals surface area contributed by atoms with E-state index in [4.69, 9.17) is 0 Å². The molecule has 2 amide bonds. The number of carbonyl (C=O) groups is 2. The number of nitrogens with one attached hydrogen (secondary N) is 1. The van der Waals surface area contributed by atoms with Gasteiger partial charge in [-0.05, 0) is 31.2 Å². The molecule has 6 heteroatoms. The molecule has 2 aromatic rings. The maximum absolute atomic E-state index is 12.9. The highest BCUT2D eigenvalue weighted by Crippen LogP contribution is 2.35. The Morgan fingerprint density at radius 1 is 1.12 bits per heavy atom. The molecule has 1 aliphatic rings. The fourth-order valence-electron chi connectivity index (χ4n) is 2.54. The molecule has 0 aromatic heterocycles. The summed E-state index contributed by atoms with van der Waals surface area (Å²) in [5, 5.41) is 2.88. The minimum Gasteiger partial charge on any atom is -0.356 e. The monoisotopic (exact) mass is 353 g/mol. The van der Waals surface area contributed by atoms with E-state index >= 15 is 0 Å². The van der Waals surface area contributed by atoms with Gasteiger partial charge in [0.1, 0.15) is 5.25 Å². The Balaban J connectivity index is 1.92. The zero-order chi connectivity index (χ0) is 17.6. The number of amides is 2. The van der Waals surface area contributed by atoms with Crippen molar-refractivity contribution in [1.82, 2.24) is 5.32 Å². The van der Waals surface area contributed by atoms with Crippen LogP contribution in [0.1, 0.15) is 13.3 Å². The molecule has 1 heterocycles. The third-order valence-electron chi connectivity index (χ3n) is 3.67. The van der Waals surface area contributed by atoms with Crippen molar-refractivity contribution in [3.63, 3.8) is 0 Å². The number of hydrogen-bond acceptors (Lipinski definition) is 4. The van der Waals surface area contributed by atoms with Crippen LogP contribution in [0.5, 0.6) is 0 Å². The standard InChI is InChI=1S/C19H19N3O2S/c1-2-20-17(23)13-16-18(24)22(15-11-7-4-8-12-15)19(25-16)21-14-9-5-3-6-10-14/h3-12,16H,2,13H2,1H3,(H,20,23)/t16-/m1/s1. The van der Waals surface area contributed by atoms with Gasteiger partial charge in [0.25, 0.3) is 0 Å². The van der Waals surface area contributed by atoms with Crippen LogP contribution in [0, 0.1) is 0 Å². The van der Waals surface area contributed by atoms with Gasteiger partial charge in [-0.2, -0.15) is 0 Å². The molecule has 5 nitrogen and oxygen atoms in total. The Morgan fingerprint density at radius 3 is 2.40 bits per heavy atom. The van der Waals surface area contributed by atoms with Gasteiger partial charge in [-0.3, -0.25) is 14.5 Å². The molecule has 2 aromatic carbocycles. The first-order valence-corrected chi connectivity index (χ1v) is 9.03. The first-order valence-electron chi connectivity index (χ1n) is 8.15. The van der Waals surface area contributed by atoms with E-state index in [1.807, 2.05) is 67.6 Å². The predicted octanol–water partition coefficient (Wildman–Crippen LogP) is 3.35. The summed E-state index contributed by atoms with van der Waals surface area (Å²) in [7, 11) is 0. The largest absolute Gasteiger partial charge is 0.356 e. The molecule has 0 aliphatic carbocycles. The van der Waals surface area contributed by atoms with Crippen LogP contribution in [0.25, 0.3) is 0 Å². The summed E-state index contributed by atoms with van der Waals surface area (Å²) in [6.45, 7) is 2.41. The molecule has 0 saturated carbocycles. The normalized spacial score (nSPS) is 18.6. The van der Waals surface area contributed by atoms with Crippen molar-refractivity contribution in [2.75, 3.05) is 11.4 Å². The zero-order valence-corrected chi connectivity index (χ0v) is 14.7. The molecule has 1 atom stereocenters. The fraction of sp³-hybridized carbons (Fsp3) is 0.211. The molecule has 0 unspecified atom stereocenters. The smallest absolute Gasteiger partial charge is 0.247 e. The quantitative estimate of drug-likeness (QED) is 0.897.